The molecule has 2 unspecified atom stereocenters. The maximum atomic E-state index is 12.0. The lowest BCUT2D eigenvalue weighted by Crippen LogP contribution is -2.41. The molecule has 1 aliphatic rings. The van der Waals surface area contributed by atoms with Crippen LogP contribution >= 0.6 is 0 Å². The Bertz CT molecular complexity index is 400. The van der Waals surface area contributed by atoms with Crippen molar-refractivity contribution in [2.75, 3.05) is 6.54 Å². The van der Waals surface area contributed by atoms with Crippen molar-refractivity contribution < 1.29 is 9.21 Å². The van der Waals surface area contributed by atoms with Crippen molar-refractivity contribution in [1.29, 1.82) is 0 Å². The minimum atomic E-state index is -0.108. The van der Waals surface area contributed by atoms with E-state index in [9.17, 15) is 4.79 Å². The van der Waals surface area contributed by atoms with Gasteiger partial charge in [-0.25, -0.2) is 0 Å². The molecule has 1 aliphatic heterocycles. The van der Waals surface area contributed by atoms with Gasteiger partial charge in [0.05, 0.1) is 0 Å². The van der Waals surface area contributed by atoms with E-state index in [-0.39, 0.29) is 18.0 Å². The quantitative estimate of drug-likeness (QED) is 0.854. The zero-order chi connectivity index (χ0) is 12.4. The Labute approximate surface area is 102 Å². The minimum Gasteiger partial charge on any atom is -0.464 e. The van der Waals surface area contributed by atoms with Gasteiger partial charge in [-0.1, -0.05) is 0 Å². The average molecular weight is 236 g/mol. The van der Waals surface area contributed by atoms with Crippen molar-refractivity contribution >= 4 is 5.91 Å². The molecule has 2 rings (SSSR count). The van der Waals surface area contributed by atoms with Gasteiger partial charge in [0.15, 0.2) is 0 Å². The molecule has 2 N–H and O–H groups in total. The molecule has 1 aromatic heterocycles. The van der Waals surface area contributed by atoms with Gasteiger partial charge in [-0.15, -0.1) is 0 Å². The molecule has 0 radical (unpaired) electrons. The van der Waals surface area contributed by atoms with E-state index < -0.39 is 0 Å². The third-order valence-corrected chi connectivity index (χ3v) is 3.38. The maximum absolute atomic E-state index is 12.0. The van der Waals surface area contributed by atoms with E-state index in [0.29, 0.717) is 13.0 Å². The Balaban J connectivity index is 2.34. The average Bonchev–Trinajstić information content (AvgIpc) is 2.65. The number of furan rings is 1. The number of aryl methyl sites for hydroxylation is 1. The summed E-state index contributed by atoms with van der Waals surface area (Å²) < 4.78 is 5.66. The SMILES string of the molecule is CCN1C(=O)CCCC(N)C1c1ccc(C)o1. The summed E-state index contributed by atoms with van der Waals surface area (Å²) in [5.74, 6) is 1.85. The summed E-state index contributed by atoms with van der Waals surface area (Å²) in [6.45, 7) is 4.57. The van der Waals surface area contributed by atoms with Crippen LogP contribution in [0.3, 0.4) is 0 Å². The van der Waals surface area contributed by atoms with Crippen LogP contribution in [0, 0.1) is 6.92 Å². The fraction of sp³-hybridized carbons (Fsp3) is 0.615. The second-order valence-electron chi connectivity index (χ2n) is 4.63. The van der Waals surface area contributed by atoms with Crippen molar-refractivity contribution in [2.24, 2.45) is 5.73 Å². The summed E-state index contributed by atoms with van der Waals surface area (Å²) in [7, 11) is 0. The van der Waals surface area contributed by atoms with E-state index in [1.165, 1.54) is 0 Å². The van der Waals surface area contributed by atoms with E-state index in [4.69, 9.17) is 10.2 Å². The highest BCUT2D eigenvalue weighted by Gasteiger charge is 2.33. The molecule has 0 aliphatic carbocycles. The molecule has 4 nitrogen and oxygen atoms in total. The van der Waals surface area contributed by atoms with Crippen molar-refractivity contribution in [1.82, 2.24) is 4.90 Å². The van der Waals surface area contributed by atoms with Crippen LogP contribution in [0.15, 0.2) is 16.5 Å². The monoisotopic (exact) mass is 236 g/mol. The van der Waals surface area contributed by atoms with Crippen molar-refractivity contribution in [3.8, 4) is 0 Å². The first kappa shape index (κ1) is 12.2. The van der Waals surface area contributed by atoms with Gasteiger partial charge >= 0.3 is 0 Å². The smallest absolute Gasteiger partial charge is 0.223 e. The van der Waals surface area contributed by atoms with Crippen LogP contribution in [-0.4, -0.2) is 23.4 Å². The largest absolute Gasteiger partial charge is 0.464 e. The molecule has 17 heavy (non-hydrogen) atoms. The molecule has 4 heteroatoms. The second-order valence-corrected chi connectivity index (χ2v) is 4.63. The molecule has 1 amide bonds. The van der Waals surface area contributed by atoms with E-state index in [1.54, 1.807) is 0 Å². The van der Waals surface area contributed by atoms with Crippen LogP contribution in [0.25, 0.3) is 0 Å². The molecule has 0 saturated carbocycles. The zero-order valence-corrected chi connectivity index (χ0v) is 10.5. The predicted octanol–water partition coefficient (Wildman–Crippen LogP) is 1.99. The van der Waals surface area contributed by atoms with Crippen LogP contribution in [0.4, 0.5) is 0 Å². The van der Waals surface area contributed by atoms with E-state index in [0.717, 1.165) is 24.4 Å². The molecule has 2 heterocycles. The normalized spacial score (nSPS) is 26.1. The molecule has 1 fully saturated rings. The number of nitrogens with zero attached hydrogens (tertiary/aromatic N) is 1. The Morgan fingerprint density at radius 3 is 2.88 bits per heavy atom. The molecule has 0 aromatic carbocycles. The summed E-state index contributed by atoms with van der Waals surface area (Å²) in [5, 5.41) is 0. The molecule has 0 spiro atoms. The van der Waals surface area contributed by atoms with Crippen molar-refractivity contribution in [2.45, 2.75) is 45.2 Å². The fourth-order valence-corrected chi connectivity index (χ4v) is 2.53. The first-order chi connectivity index (χ1) is 8.13. The van der Waals surface area contributed by atoms with Crippen LogP contribution in [0.1, 0.15) is 43.7 Å². The summed E-state index contributed by atoms with van der Waals surface area (Å²) in [6.07, 6.45) is 2.33. The van der Waals surface area contributed by atoms with E-state index >= 15 is 0 Å². The zero-order valence-electron chi connectivity index (χ0n) is 10.5. The van der Waals surface area contributed by atoms with Gasteiger partial charge in [0.2, 0.25) is 5.91 Å². The Morgan fingerprint density at radius 1 is 1.53 bits per heavy atom. The second kappa shape index (κ2) is 4.92. The number of likely N-dealkylation sites (N-methyl/N-ethyl adjacent to an activating group) is 1. The van der Waals surface area contributed by atoms with Gasteiger partial charge in [-0.2, -0.15) is 0 Å². The topological polar surface area (TPSA) is 59.5 Å². The van der Waals surface area contributed by atoms with Crippen LogP contribution in [0.2, 0.25) is 0 Å². The molecular formula is C13H20N2O2. The summed E-state index contributed by atoms with van der Waals surface area (Å²) in [5.41, 5.74) is 6.19. The number of carbonyl (C=O) groups is 1. The number of amides is 1. The lowest BCUT2D eigenvalue weighted by Gasteiger charge is -2.31. The number of likely N-dealkylation sites (tertiary alicyclic amines) is 1. The minimum absolute atomic E-state index is 0.0352. The standard InChI is InChI=1S/C13H20N2O2/c1-3-15-12(16)6-4-5-10(14)13(15)11-8-7-9(2)17-11/h7-8,10,13H,3-6,14H2,1-2H3. The Kier molecular flexibility index (Phi) is 3.52. The van der Waals surface area contributed by atoms with Gasteiger partial charge < -0.3 is 15.1 Å². The highest BCUT2D eigenvalue weighted by Crippen LogP contribution is 2.30. The Hall–Kier alpha value is -1.29. The van der Waals surface area contributed by atoms with Gasteiger partial charge in [-0.05, 0) is 38.8 Å². The highest BCUT2D eigenvalue weighted by atomic mass is 16.3. The summed E-state index contributed by atoms with van der Waals surface area (Å²) in [4.78, 5) is 13.9. The molecular weight excluding hydrogens is 216 g/mol. The number of rotatable bonds is 2. The van der Waals surface area contributed by atoms with Gasteiger partial charge in [0, 0.05) is 19.0 Å². The molecule has 0 bridgehead atoms. The maximum Gasteiger partial charge on any atom is 0.223 e. The van der Waals surface area contributed by atoms with Crippen LogP contribution in [0.5, 0.6) is 0 Å². The summed E-state index contributed by atoms with van der Waals surface area (Å²) in [6, 6.07) is 3.71. The van der Waals surface area contributed by atoms with Gasteiger partial charge in [0.1, 0.15) is 17.6 Å². The Morgan fingerprint density at radius 2 is 2.29 bits per heavy atom. The predicted molar refractivity (Wildman–Crippen MR) is 65.4 cm³/mol. The first-order valence-corrected chi connectivity index (χ1v) is 6.25. The van der Waals surface area contributed by atoms with Gasteiger partial charge in [-0.3, -0.25) is 4.79 Å². The summed E-state index contributed by atoms with van der Waals surface area (Å²) >= 11 is 0. The molecule has 1 saturated heterocycles. The lowest BCUT2D eigenvalue weighted by atomic mass is 10.0. The number of hydrogen-bond acceptors (Lipinski definition) is 3. The lowest BCUT2D eigenvalue weighted by molar-refractivity contribution is -0.133. The number of hydrogen-bond donors (Lipinski definition) is 1. The number of carbonyl (C=O) groups excluding carboxylic acids is 1. The number of nitrogens with two attached hydrogens (primary N) is 1. The van der Waals surface area contributed by atoms with E-state index in [1.807, 2.05) is 30.9 Å². The van der Waals surface area contributed by atoms with Crippen LogP contribution < -0.4 is 5.73 Å². The molecule has 1 aromatic rings. The third-order valence-electron chi connectivity index (χ3n) is 3.38. The highest BCUT2D eigenvalue weighted by molar-refractivity contribution is 5.77. The van der Waals surface area contributed by atoms with Crippen LogP contribution in [-0.2, 0) is 4.79 Å². The van der Waals surface area contributed by atoms with Gasteiger partial charge in [0.25, 0.3) is 0 Å². The fourth-order valence-electron chi connectivity index (χ4n) is 2.53. The van der Waals surface area contributed by atoms with E-state index in [2.05, 4.69) is 0 Å². The molecule has 2 atom stereocenters. The van der Waals surface area contributed by atoms with Crippen molar-refractivity contribution in [3.05, 3.63) is 23.7 Å². The first-order valence-electron chi connectivity index (χ1n) is 6.25. The molecule has 94 valence electrons. The third kappa shape index (κ3) is 2.36. The van der Waals surface area contributed by atoms with Crippen molar-refractivity contribution in [3.63, 3.8) is 0 Å².